The summed E-state index contributed by atoms with van der Waals surface area (Å²) in [5.41, 5.74) is 4.45. The fraction of sp³-hybridized carbons (Fsp3) is 0.300. The highest BCUT2D eigenvalue weighted by Gasteiger charge is 2.19. The van der Waals surface area contributed by atoms with Crippen molar-refractivity contribution in [3.05, 3.63) is 70.3 Å². The Morgan fingerprint density at radius 2 is 1.60 bits per heavy atom. The van der Waals surface area contributed by atoms with Crippen LogP contribution in [0.2, 0.25) is 0 Å². The van der Waals surface area contributed by atoms with Crippen molar-refractivity contribution in [2.75, 3.05) is 18.1 Å². The molecule has 0 radical (unpaired) electrons. The van der Waals surface area contributed by atoms with Crippen molar-refractivity contribution < 1.29 is 14.3 Å². The number of carbonyl (C=O) groups is 2. The SMILES string of the molecule is Cc1ccc(C(=O)COC(=O)c2ccc(C3SCCS3)cc2)cc1C. The quantitative estimate of drug-likeness (QED) is 0.556. The van der Waals surface area contributed by atoms with Crippen molar-refractivity contribution in [1.29, 1.82) is 0 Å². The first-order chi connectivity index (χ1) is 12.0. The first-order valence-electron chi connectivity index (χ1n) is 8.15. The third-order valence-electron chi connectivity index (χ3n) is 4.20. The van der Waals surface area contributed by atoms with Crippen LogP contribution in [0.15, 0.2) is 42.5 Å². The van der Waals surface area contributed by atoms with Gasteiger partial charge in [-0.2, -0.15) is 0 Å². The maximum absolute atomic E-state index is 12.2. The first-order valence-corrected chi connectivity index (χ1v) is 10.2. The molecule has 1 aliphatic rings. The number of Topliss-reactive ketones (excluding diaryl/α,β-unsaturated/α-hetero) is 1. The molecule has 130 valence electrons. The molecule has 0 aromatic heterocycles. The minimum atomic E-state index is -0.463. The summed E-state index contributed by atoms with van der Waals surface area (Å²) >= 11 is 3.85. The Balaban J connectivity index is 1.58. The van der Waals surface area contributed by atoms with Gasteiger partial charge >= 0.3 is 5.97 Å². The van der Waals surface area contributed by atoms with Crippen LogP contribution < -0.4 is 0 Å². The minimum Gasteiger partial charge on any atom is -0.454 e. The Kier molecular flexibility index (Phi) is 5.86. The number of ether oxygens (including phenoxy) is 1. The Labute approximate surface area is 156 Å². The van der Waals surface area contributed by atoms with E-state index in [-0.39, 0.29) is 12.4 Å². The van der Waals surface area contributed by atoms with Crippen LogP contribution >= 0.6 is 23.5 Å². The number of aryl methyl sites for hydroxylation is 2. The summed E-state index contributed by atoms with van der Waals surface area (Å²) in [5.74, 6) is 1.68. The van der Waals surface area contributed by atoms with E-state index in [4.69, 9.17) is 4.74 Å². The number of ketones is 1. The molecule has 0 saturated carbocycles. The average Bonchev–Trinajstić information content (AvgIpc) is 3.16. The van der Waals surface area contributed by atoms with E-state index in [1.807, 2.05) is 61.6 Å². The fourth-order valence-electron chi connectivity index (χ4n) is 2.54. The lowest BCUT2D eigenvalue weighted by atomic mass is 10.0. The second-order valence-electron chi connectivity index (χ2n) is 5.99. The van der Waals surface area contributed by atoms with Crippen LogP contribution in [0.1, 0.15) is 42.0 Å². The molecule has 3 rings (SSSR count). The molecule has 1 saturated heterocycles. The largest absolute Gasteiger partial charge is 0.454 e. The molecule has 0 bridgehead atoms. The molecule has 2 aromatic rings. The van der Waals surface area contributed by atoms with Crippen molar-refractivity contribution in [3.63, 3.8) is 0 Å². The van der Waals surface area contributed by atoms with Crippen molar-refractivity contribution in [3.8, 4) is 0 Å². The predicted molar refractivity (Wildman–Crippen MR) is 105 cm³/mol. The Hall–Kier alpha value is -1.72. The number of carbonyl (C=O) groups excluding carboxylic acids is 2. The Bertz CT molecular complexity index is 778. The van der Waals surface area contributed by atoms with E-state index in [0.717, 1.165) is 11.1 Å². The molecule has 0 spiro atoms. The van der Waals surface area contributed by atoms with E-state index in [0.29, 0.717) is 15.7 Å². The highest BCUT2D eigenvalue weighted by molar-refractivity contribution is 8.19. The normalized spacial score (nSPS) is 14.5. The van der Waals surface area contributed by atoms with Crippen molar-refractivity contribution in [2.24, 2.45) is 0 Å². The first kappa shape index (κ1) is 18.1. The monoisotopic (exact) mass is 372 g/mol. The maximum atomic E-state index is 12.2. The number of esters is 1. The molecule has 1 heterocycles. The van der Waals surface area contributed by atoms with Crippen LogP contribution in [-0.2, 0) is 4.74 Å². The average molecular weight is 373 g/mol. The smallest absolute Gasteiger partial charge is 0.338 e. The van der Waals surface area contributed by atoms with E-state index in [2.05, 4.69) is 0 Å². The standard InChI is InChI=1S/C20H20O3S2/c1-13-3-4-17(11-14(13)2)18(21)12-23-19(22)15-5-7-16(8-6-15)20-24-9-10-25-20/h3-8,11,20H,9-10,12H2,1-2H3. The highest BCUT2D eigenvalue weighted by atomic mass is 32.2. The zero-order chi connectivity index (χ0) is 17.8. The van der Waals surface area contributed by atoms with Gasteiger partial charge in [0.05, 0.1) is 10.1 Å². The second kappa shape index (κ2) is 8.11. The summed E-state index contributed by atoms with van der Waals surface area (Å²) in [6, 6.07) is 13.0. The maximum Gasteiger partial charge on any atom is 0.338 e. The number of hydrogen-bond donors (Lipinski definition) is 0. The topological polar surface area (TPSA) is 43.4 Å². The minimum absolute atomic E-state index is 0.188. The summed E-state index contributed by atoms with van der Waals surface area (Å²) in [7, 11) is 0. The molecular formula is C20H20O3S2. The van der Waals surface area contributed by atoms with Gasteiger partial charge in [0.1, 0.15) is 0 Å². The summed E-state index contributed by atoms with van der Waals surface area (Å²) in [5, 5.41) is 0. The van der Waals surface area contributed by atoms with Crippen LogP contribution in [-0.4, -0.2) is 29.9 Å². The summed E-state index contributed by atoms with van der Waals surface area (Å²) in [6.45, 7) is 3.72. The van der Waals surface area contributed by atoms with Crippen LogP contribution in [0.4, 0.5) is 0 Å². The summed E-state index contributed by atoms with van der Waals surface area (Å²) in [4.78, 5) is 24.3. The second-order valence-corrected chi connectivity index (χ2v) is 8.72. The van der Waals surface area contributed by atoms with Gasteiger partial charge < -0.3 is 4.74 Å². The van der Waals surface area contributed by atoms with Gasteiger partial charge in [-0.25, -0.2) is 4.79 Å². The Morgan fingerprint density at radius 1 is 0.960 bits per heavy atom. The molecular weight excluding hydrogens is 352 g/mol. The van der Waals surface area contributed by atoms with E-state index >= 15 is 0 Å². The van der Waals surface area contributed by atoms with E-state index in [1.54, 1.807) is 18.2 Å². The highest BCUT2D eigenvalue weighted by Crippen LogP contribution is 2.45. The molecule has 5 heteroatoms. The number of rotatable bonds is 5. The van der Waals surface area contributed by atoms with Gasteiger partial charge in [0, 0.05) is 17.1 Å². The third-order valence-corrected chi connectivity index (χ3v) is 7.31. The summed E-state index contributed by atoms with van der Waals surface area (Å²) in [6.07, 6.45) is 0. The van der Waals surface area contributed by atoms with Crippen LogP contribution in [0.3, 0.4) is 0 Å². The molecule has 1 fully saturated rings. The predicted octanol–water partition coefficient (Wildman–Crippen LogP) is 4.82. The molecule has 0 atom stereocenters. The fourth-order valence-corrected chi connectivity index (χ4v) is 5.40. The van der Waals surface area contributed by atoms with Crippen molar-refractivity contribution in [1.82, 2.24) is 0 Å². The van der Waals surface area contributed by atoms with Gasteiger partial charge in [-0.1, -0.05) is 24.3 Å². The van der Waals surface area contributed by atoms with Gasteiger partial charge in [-0.05, 0) is 48.7 Å². The molecule has 25 heavy (non-hydrogen) atoms. The Morgan fingerprint density at radius 3 is 2.24 bits per heavy atom. The number of benzene rings is 2. The van der Waals surface area contributed by atoms with Crippen molar-refractivity contribution >= 4 is 35.3 Å². The molecule has 3 nitrogen and oxygen atoms in total. The molecule has 0 N–H and O–H groups in total. The lowest BCUT2D eigenvalue weighted by Crippen LogP contribution is -2.14. The van der Waals surface area contributed by atoms with Gasteiger partial charge in [0.25, 0.3) is 0 Å². The molecule has 1 aliphatic heterocycles. The lowest BCUT2D eigenvalue weighted by Gasteiger charge is -2.09. The van der Waals surface area contributed by atoms with Gasteiger partial charge in [0.15, 0.2) is 12.4 Å². The van der Waals surface area contributed by atoms with E-state index in [1.165, 1.54) is 17.1 Å². The molecule has 2 aromatic carbocycles. The van der Waals surface area contributed by atoms with Gasteiger partial charge in [-0.3, -0.25) is 4.79 Å². The van der Waals surface area contributed by atoms with Crippen molar-refractivity contribution in [2.45, 2.75) is 18.4 Å². The molecule has 0 amide bonds. The summed E-state index contributed by atoms with van der Waals surface area (Å²) < 4.78 is 5.64. The van der Waals surface area contributed by atoms with E-state index in [9.17, 15) is 9.59 Å². The number of hydrogen-bond acceptors (Lipinski definition) is 5. The zero-order valence-electron chi connectivity index (χ0n) is 14.3. The molecule has 0 unspecified atom stereocenters. The van der Waals surface area contributed by atoms with Crippen LogP contribution in [0.25, 0.3) is 0 Å². The van der Waals surface area contributed by atoms with Crippen LogP contribution in [0, 0.1) is 13.8 Å². The zero-order valence-corrected chi connectivity index (χ0v) is 15.9. The number of thioether (sulfide) groups is 2. The van der Waals surface area contributed by atoms with Gasteiger partial charge in [-0.15, -0.1) is 23.5 Å². The van der Waals surface area contributed by atoms with Crippen LogP contribution in [0.5, 0.6) is 0 Å². The van der Waals surface area contributed by atoms with E-state index < -0.39 is 5.97 Å². The lowest BCUT2D eigenvalue weighted by molar-refractivity contribution is 0.0474. The third kappa shape index (κ3) is 4.47. The molecule has 0 aliphatic carbocycles. The van der Waals surface area contributed by atoms with Gasteiger partial charge in [0.2, 0.25) is 0 Å².